The Morgan fingerprint density at radius 3 is 2.54 bits per heavy atom. The third kappa shape index (κ3) is 3.59. The van der Waals surface area contributed by atoms with Crippen molar-refractivity contribution in [3.8, 4) is 0 Å². The number of aliphatic carboxylic acids is 1. The second-order valence-corrected chi connectivity index (χ2v) is 7.82. The molecule has 1 N–H and O–H groups in total. The molecule has 1 amide bonds. The summed E-state index contributed by atoms with van der Waals surface area (Å²) >= 11 is 0. The van der Waals surface area contributed by atoms with Gasteiger partial charge in [-0.15, -0.1) is 0 Å². The number of anilines is 1. The van der Waals surface area contributed by atoms with E-state index in [1.165, 1.54) is 12.1 Å². The molecule has 132 valence electrons. The van der Waals surface area contributed by atoms with Crippen LogP contribution in [0.4, 0.5) is 5.69 Å². The van der Waals surface area contributed by atoms with Gasteiger partial charge in [-0.3, -0.25) is 4.79 Å². The van der Waals surface area contributed by atoms with E-state index in [2.05, 4.69) is 4.72 Å². The number of sulfonamides is 1. The Morgan fingerprint density at radius 1 is 1.33 bits per heavy atom. The van der Waals surface area contributed by atoms with Crippen molar-refractivity contribution in [1.82, 2.24) is 4.72 Å². The molecular weight excluding hydrogens is 332 g/mol. The van der Waals surface area contributed by atoms with E-state index >= 15 is 0 Å². The molecule has 0 aliphatic carbocycles. The molecule has 1 aliphatic rings. The Labute approximate surface area is 141 Å². The van der Waals surface area contributed by atoms with Crippen molar-refractivity contribution >= 4 is 27.6 Å². The second-order valence-electron chi connectivity index (χ2n) is 6.10. The molecule has 1 atom stereocenters. The Morgan fingerprint density at radius 2 is 2.00 bits per heavy atom. The van der Waals surface area contributed by atoms with Gasteiger partial charge in [-0.1, -0.05) is 20.8 Å². The van der Waals surface area contributed by atoms with Gasteiger partial charge in [-0.05, 0) is 36.1 Å². The zero-order valence-electron chi connectivity index (χ0n) is 13.9. The lowest BCUT2D eigenvalue weighted by Gasteiger charge is -2.23. The highest BCUT2D eigenvalue weighted by atomic mass is 32.2. The summed E-state index contributed by atoms with van der Waals surface area (Å²) in [6.07, 6.45) is 0.946. The Kier molecular flexibility index (Phi) is 5.29. The number of hydrogen-bond acceptors (Lipinski definition) is 5. The predicted octanol–water partition coefficient (Wildman–Crippen LogP) is 0.0385. The van der Waals surface area contributed by atoms with Crippen molar-refractivity contribution in [1.29, 1.82) is 0 Å². The number of carbonyl (C=O) groups excluding carboxylic acids is 2. The largest absolute Gasteiger partial charge is 0.548 e. The molecule has 0 saturated heterocycles. The fraction of sp³-hybridized carbons (Fsp3) is 0.500. The van der Waals surface area contributed by atoms with Crippen LogP contribution < -0.4 is 14.7 Å². The zero-order valence-corrected chi connectivity index (χ0v) is 14.7. The fourth-order valence-corrected chi connectivity index (χ4v) is 4.07. The number of carboxylic acid groups (broad SMARTS) is 1. The third-order valence-corrected chi connectivity index (χ3v) is 5.50. The Balaban J connectivity index is 2.30. The fourth-order valence-electron chi connectivity index (χ4n) is 2.69. The molecule has 7 nitrogen and oxygen atoms in total. The maximum Gasteiger partial charge on any atom is 0.241 e. The third-order valence-electron chi connectivity index (χ3n) is 4.06. The zero-order chi connectivity index (χ0) is 18.1. The number of hydrogen-bond donors (Lipinski definition) is 1. The van der Waals surface area contributed by atoms with Crippen LogP contribution in [0.15, 0.2) is 23.1 Å². The molecule has 24 heavy (non-hydrogen) atoms. The van der Waals surface area contributed by atoms with Crippen LogP contribution in [0.2, 0.25) is 0 Å². The monoisotopic (exact) mass is 353 g/mol. The molecular formula is C16H21N2O5S-. The first-order chi connectivity index (χ1) is 11.2. The molecule has 1 unspecified atom stereocenters. The summed E-state index contributed by atoms with van der Waals surface area (Å²) in [6, 6.07) is 3.16. The number of carbonyl (C=O) groups is 2. The number of amides is 1. The van der Waals surface area contributed by atoms with Gasteiger partial charge in [0.05, 0.1) is 16.9 Å². The van der Waals surface area contributed by atoms with Crippen molar-refractivity contribution in [2.75, 3.05) is 11.4 Å². The SMILES string of the molecule is CCC(=O)N1CCc2cc(S(=O)(=O)NC(C(=O)[O-])C(C)C)ccc21. The van der Waals surface area contributed by atoms with Crippen LogP contribution in [0.25, 0.3) is 0 Å². The van der Waals surface area contributed by atoms with Gasteiger partial charge in [0.15, 0.2) is 0 Å². The molecule has 0 aromatic heterocycles. The Bertz CT molecular complexity index is 758. The number of benzene rings is 1. The number of rotatable bonds is 6. The van der Waals surface area contributed by atoms with Gasteiger partial charge >= 0.3 is 0 Å². The van der Waals surface area contributed by atoms with Crippen molar-refractivity contribution in [2.45, 2.75) is 44.6 Å². The van der Waals surface area contributed by atoms with Gasteiger partial charge in [-0.25, -0.2) is 13.1 Å². The van der Waals surface area contributed by atoms with E-state index < -0.39 is 28.0 Å². The topological polar surface area (TPSA) is 107 Å². The first-order valence-corrected chi connectivity index (χ1v) is 9.32. The minimum absolute atomic E-state index is 0.0145. The maximum atomic E-state index is 12.4. The van der Waals surface area contributed by atoms with Gasteiger partial charge in [0.2, 0.25) is 15.9 Å². The van der Waals surface area contributed by atoms with Crippen molar-refractivity contribution < 1.29 is 23.1 Å². The van der Waals surface area contributed by atoms with E-state index in [-0.39, 0.29) is 10.8 Å². The van der Waals surface area contributed by atoms with E-state index in [4.69, 9.17) is 0 Å². The normalized spacial score (nSPS) is 15.4. The number of fused-ring (bicyclic) bond motifs is 1. The summed E-state index contributed by atoms with van der Waals surface area (Å²) < 4.78 is 27.1. The highest BCUT2D eigenvalue weighted by molar-refractivity contribution is 7.89. The van der Waals surface area contributed by atoms with Crippen LogP contribution in [0.1, 0.15) is 32.8 Å². The molecule has 0 bridgehead atoms. The van der Waals surface area contributed by atoms with Gasteiger partial charge in [-0.2, -0.15) is 0 Å². The molecule has 8 heteroatoms. The van der Waals surface area contributed by atoms with Crippen LogP contribution in [-0.2, 0) is 26.0 Å². The lowest BCUT2D eigenvalue weighted by molar-refractivity contribution is -0.309. The van der Waals surface area contributed by atoms with Crippen LogP contribution in [0, 0.1) is 5.92 Å². The average Bonchev–Trinajstić information content (AvgIpc) is 2.94. The van der Waals surface area contributed by atoms with Gasteiger partial charge < -0.3 is 14.8 Å². The second kappa shape index (κ2) is 6.90. The van der Waals surface area contributed by atoms with Gasteiger partial charge in [0.25, 0.3) is 0 Å². The molecule has 1 heterocycles. The van der Waals surface area contributed by atoms with E-state index in [9.17, 15) is 23.1 Å². The Hall–Kier alpha value is -1.93. The van der Waals surface area contributed by atoms with Crippen molar-refractivity contribution in [3.63, 3.8) is 0 Å². The smallest absolute Gasteiger partial charge is 0.241 e. The molecule has 1 aromatic carbocycles. The molecule has 1 aliphatic heterocycles. The minimum atomic E-state index is -3.99. The van der Waals surface area contributed by atoms with Crippen molar-refractivity contribution in [3.05, 3.63) is 23.8 Å². The van der Waals surface area contributed by atoms with E-state index in [0.29, 0.717) is 25.1 Å². The van der Waals surface area contributed by atoms with Crippen molar-refractivity contribution in [2.24, 2.45) is 5.92 Å². The first-order valence-electron chi connectivity index (χ1n) is 7.84. The van der Waals surface area contributed by atoms with E-state index in [1.54, 1.807) is 31.7 Å². The average molecular weight is 353 g/mol. The standard InChI is InChI=1S/C16H22N2O5S/c1-4-14(19)18-8-7-11-9-12(5-6-13(11)18)24(22,23)17-15(10(2)3)16(20)21/h5-6,9-10,15,17H,4,7-8H2,1-3H3,(H,20,21)/p-1. The number of nitrogens with one attached hydrogen (secondary N) is 1. The van der Waals surface area contributed by atoms with Crippen LogP contribution in [-0.4, -0.2) is 32.9 Å². The highest BCUT2D eigenvalue weighted by Crippen LogP contribution is 2.30. The van der Waals surface area contributed by atoms with Crippen LogP contribution >= 0.6 is 0 Å². The quantitative estimate of drug-likeness (QED) is 0.777. The lowest BCUT2D eigenvalue weighted by atomic mass is 10.1. The molecule has 0 radical (unpaired) electrons. The summed E-state index contributed by atoms with van der Waals surface area (Å²) in [7, 11) is -3.99. The summed E-state index contributed by atoms with van der Waals surface area (Å²) in [5, 5.41) is 11.1. The maximum absolute atomic E-state index is 12.4. The van der Waals surface area contributed by atoms with E-state index in [1.807, 2.05) is 0 Å². The molecule has 2 rings (SSSR count). The number of carboxylic acids is 1. The summed E-state index contributed by atoms with van der Waals surface area (Å²) in [6.45, 7) is 5.49. The minimum Gasteiger partial charge on any atom is -0.548 e. The summed E-state index contributed by atoms with van der Waals surface area (Å²) in [5.74, 6) is -1.93. The highest BCUT2D eigenvalue weighted by Gasteiger charge is 2.27. The summed E-state index contributed by atoms with van der Waals surface area (Å²) in [5.41, 5.74) is 1.47. The molecule has 0 fully saturated rings. The first kappa shape index (κ1) is 18.4. The molecule has 1 aromatic rings. The van der Waals surface area contributed by atoms with Gasteiger partial charge in [0.1, 0.15) is 0 Å². The van der Waals surface area contributed by atoms with Gasteiger partial charge in [0, 0.05) is 18.7 Å². The molecule has 0 saturated carbocycles. The van der Waals surface area contributed by atoms with Crippen LogP contribution in [0.3, 0.4) is 0 Å². The van der Waals surface area contributed by atoms with Crippen LogP contribution in [0.5, 0.6) is 0 Å². The number of nitrogens with zero attached hydrogens (tertiary/aromatic N) is 1. The summed E-state index contributed by atoms with van der Waals surface area (Å²) in [4.78, 5) is 24.6. The molecule has 0 spiro atoms. The lowest BCUT2D eigenvalue weighted by Crippen LogP contribution is -2.50. The predicted molar refractivity (Wildman–Crippen MR) is 86.7 cm³/mol. The van der Waals surface area contributed by atoms with E-state index in [0.717, 1.165) is 5.56 Å².